The van der Waals surface area contributed by atoms with Crippen LogP contribution in [-0.2, 0) is 11.3 Å². The Labute approximate surface area is 196 Å². The van der Waals surface area contributed by atoms with Crippen LogP contribution in [0.5, 0.6) is 0 Å². The summed E-state index contributed by atoms with van der Waals surface area (Å²) in [6.07, 6.45) is 2.79. The van der Waals surface area contributed by atoms with Crippen molar-refractivity contribution in [3.05, 3.63) is 42.3 Å². The first-order valence-corrected chi connectivity index (χ1v) is 12.1. The summed E-state index contributed by atoms with van der Waals surface area (Å²) in [6, 6.07) is 9.30. The van der Waals surface area contributed by atoms with E-state index >= 15 is 0 Å². The number of fused-ring (bicyclic) bond motifs is 2. The lowest BCUT2D eigenvalue weighted by Gasteiger charge is -2.10. The number of aromatic nitrogens is 4. The summed E-state index contributed by atoms with van der Waals surface area (Å²) in [5.74, 6) is 1.72. The largest absolute Gasteiger partial charge is 0.451 e. The summed E-state index contributed by atoms with van der Waals surface area (Å²) >= 11 is 1.62. The number of thioether (sulfide) groups is 1. The van der Waals surface area contributed by atoms with Gasteiger partial charge in [-0.25, -0.2) is 14.6 Å². The predicted octanol–water partition coefficient (Wildman–Crippen LogP) is 3.95. The van der Waals surface area contributed by atoms with Gasteiger partial charge in [0.15, 0.2) is 16.6 Å². The molecule has 174 valence electrons. The van der Waals surface area contributed by atoms with Crippen molar-refractivity contribution in [3.8, 4) is 0 Å². The average molecular weight is 469 g/mol. The van der Waals surface area contributed by atoms with E-state index in [9.17, 15) is 4.79 Å². The number of amides is 1. The molecule has 0 unspecified atom stereocenters. The van der Waals surface area contributed by atoms with Gasteiger partial charge in [-0.05, 0) is 25.5 Å². The Balaban J connectivity index is 1.45. The molecule has 3 heterocycles. The molecule has 4 rings (SSSR count). The summed E-state index contributed by atoms with van der Waals surface area (Å²) in [6.45, 7) is 6.89. The lowest BCUT2D eigenvalue weighted by Crippen LogP contribution is -2.27. The van der Waals surface area contributed by atoms with Gasteiger partial charge in [0.2, 0.25) is 0 Å². The van der Waals surface area contributed by atoms with Crippen LogP contribution < -0.4 is 10.6 Å². The molecular formula is C23H28N6O3S. The van der Waals surface area contributed by atoms with Crippen LogP contribution in [0.4, 0.5) is 5.82 Å². The zero-order valence-corrected chi connectivity index (χ0v) is 19.7. The lowest BCUT2D eigenvalue weighted by molar-refractivity contribution is 0.0926. The van der Waals surface area contributed by atoms with Gasteiger partial charge in [0.1, 0.15) is 11.4 Å². The third kappa shape index (κ3) is 5.63. The molecule has 0 aliphatic carbocycles. The van der Waals surface area contributed by atoms with E-state index in [4.69, 9.17) is 14.1 Å². The van der Waals surface area contributed by atoms with Gasteiger partial charge in [-0.1, -0.05) is 36.9 Å². The van der Waals surface area contributed by atoms with E-state index in [1.165, 1.54) is 0 Å². The SMILES string of the molecule is CCCSc1nc(NCCOCC)c2cnn(CCNC(=O)c3cc4ccccc4o3)c2n1. The second kappa shape index (κ2) is 11.2. The number of anilines is 1. The second-order valence-electron chi connectivity index (χ2n) is 7.34. The molecular weight excluding hydrogens is 440 g/mol. The van der Waals surface area contributed by atoms with Crippen LogP contribution in [0.2, 0.25) is 0 Å². The number of furan rings is 1. The first-order chi connectivity index (χ1) is 16.2. The molecule has 0 radical (unpaired) electrons. The van der Waals surface area contributed by atoms with Crippen LogP contribution in [0.15, 0.2) is 46.1 Å². The first kappa shape index (κ1) is 23.1. The fourth-order valence-corrected chi connectivity index (χ4v) is 4.03. The van der Waals surface area contributed by atoms with Gasteiger partial charge < -0.3 is 19.8 Å². The summed E-state index contributed by atoms with van der Waals surface area (Å²) in [7, 11) is 0. The third-order valence-electron chi connectivity index (χ3n) is 4.91. The monoisotopic (exact) mass is 468 g/mol. The Morgan fingerprint density at radius 2 is 2.09 bits per heavy atom. The highest BCUT2D eigenvalue weighted by Gasteiger charge is 2.15. The van der Waals surface area contributed by atoms with Crippen LogP contribution >= 0.6 is 11.8 Å². The number of benzene rings is 1. The van der Waals surface area contributed by atoms with Gasteiger partial charge in [-0.3, -0.25) is 4.79 Å². The molecule has 10 heteroatoms. The maximum absolute atomic E-state index is 12.5. The Hall–Kier alpha value is -3.11. The number of ether oxygens (including phenoxy) is 1. The van der Waals surface area contributed by atoms with Crippen molar-refractivity contribution in [2.24, 2.45) is 0 Å². The highest BCUT2D eigenvalue weighted by Crippen LogP contribution is 2.25. The molecule has 0 spiro atoms. The van der Waals surface area contributed by atoms with Gasteiger partial charge in [0.05, 0.1) is 24.7 Å². The topological polar surface area (TPSA) is 107 Å². The molecule has 0 bridgehead atoms. The highest BCUT2D eigenvalue weighted by molar-refractivity contribution is 7.99. The number of rotatable bonds is 12. The van der Waals surface area contributed by atoms with Crippen molar-refractivity contribution in [2.45, 2.75) is 32.0 Å². The zero-order chi connectivity index (χ0) is 23.0. The lowest BCUT2D eigenvalue weighted by atomic mass is 10.2. The molecule has 4 aromatic rings. The van der Waals surface area contributed by atoms with Crippen molar-refractivity contribution >= 4 is 45.5 Å². The van der Waals surface area contributed by atoms with Crippen molar-refractivity contribution in [2.75, 3.05) is 37.4 Å². The molecule has 33 heavy (non-hydrogen) atoms. The summed E-state index contributed by atoms with van der Waals surface area (Å²) in [5.41, 5.74) is 1.43. The fourth-order valence-electron chi connectivity index (χ4n) is 3.33. The standard InChI is InChI=1S/C23H28N6O3S/c1-3-13-33-23-27-20(24-10-12-31-4-2)17-15-26-29(21(17)28-23)11-9-25-22(30)19-14-16-7-5-6-8-18(16)32-19/h5-8,14-15H,3-4,9-13H2,1-2H3,(H,25,30)(H,24,27,28). The highest BCUT2D eigenvalue weighted by atomic mass is 32.2. The number of para-hydroxylation sites is 1. The molecule has 9 nitrogen and oxygen atoms in total. The molecule has 3 aromatic heterocycles. The Morgan fingerprint density at radius 1 is 1.21 bits per heavy atom. The minimum Gasteiger partial charge on any atom is -0.451 e. The Bertz CT molecular complexity index is 1190. The van der Waals surface area contributed by atoms with Gasteiger partial charge in [-0.15, -0.1) is 0 Å². The average Bonchev–Trinajstić information content (AvgIpc) is 3.45. The molecule has 0 aliphatic heterocycles. The van der Waals surface area contributed by atoms with E-state index in [1.807, 2.05) is 31.2 Å². The van der Waals surface area contributed by atoms with Gasteiger partial charge >= 0.3 is 0 Å². The van der Waals surface area contributed by atoms with Crippen LogP contribution in [0, 0.1) is 0 Å². The summed E-state index contributed by atoms with van der Waals surface area (Å²) in [5, 5.41) is 13.2. The van der Waals surface area contributed by atoms with E-state index < -0.39 is 0 Å². The van der Waals surface area contributed by atoms with E-state index in [2.05, 4.69) is 27.6 Å². The minimum absolute atomic E-state index is 0.255. The normalized spacial score (nSPS) is 11.3. The van der Waals surface area contributed by atoms with Crippen molar-refractivity contribution in [3.63, 3.8) is 0 Å². The Kier molecular flexibility index (Phi) is 7.79. The van der Waals surface area contributed by atoms with Gasteiger partial charge in [-0.2, -0.15) is 5.10 Å². The third-order valence-corrected chi connectivity index (χ3v) is 5.97. The Morgan fingerprint density at radius 3 is 2.91 bits per heavy atom. The molecule has 2 N–H and O–H groups in total. The van der Waals surface area contributed by atoms with E-state index in [0.717, 1.165) is 34.4 Å². The van der Waals surface area contributed by atoms with Crippen molar-refractivity contribution < 1.29 is 13.9 Å². The summed E-state index contributed by atoms with van der Waals surface area (Å²) < 4.78 is 12.8. The zero-order valence-electron chi connectivity index (χ0n) is 18.8. The molecule has 0 saturated heterocycles. The van der Waals surface area contributed by atoms with E-state index in [1.54, 1.807) is 28.7 Å². The molecule has 0 fully saturated rings. The van der Waals surface area contributed by atoms with Gasteiger partial charge in [0.25, 0.3) is 5.91 Å². The maximum Gasteiger partial charge on any atom is 0.287 e. The van der Waals surface area contributed by atoms with E-state index in [0.29, 0.717) is 49.3 Å². The smallest absolute Gasteiger partial charge is 0.287 e. The number of nitrogens with zero attached hydrogens (tertiary/aromatic N) is 4. The fraction of sp³-hybridized carbons (Fsp3) is 0.391. The van der Waals surface area contributed by atoms with E-state index in [-0.39, 0.29) is 5.91 Å². The molecule has 0 atom stereocenters. The van der Waals surface area contributed by atoms with Crippen LogP contribution in [0.3, 0.4) is 0 Å². The van der Waals surface area contributed by atoms with Crippen LogP contribution in [0.1, 0.15) is 30.8 Å². The number of hydrogen-bond acceptors (Lipinski definition) is 8. The predicted molar refractivity (Wildman–Crippen MR) is 130 cm³/mol. The molecule has 0 saturated carbocycles. The molecule has 0 aliphatic rings. The second-order valence-corrected chi connectivity index (χ2v) is 8.40. The quantitative estimate of drug-likeness (QED) is 0.183. The van der Waals surface area contributed by atoms with Crippen molar-refractivity contribution in [1.82, 2.24) is 25.1 Å². The van der Waals surface area contributed by atoms with Crippen LogP contribution in [-0.4, -0.2) is 57.7 Å². The van der Waals surface area contributed by atoms with Crippen molar-refractivity contribution in [1.29, 1.82) is 0 Å². The number of carbonyl (C=O) groups is 1. The van der Waals surface area contributed by atoms with Gasteiger partial charge in [0, 0.05) is 30.8 Å². The number of nitrogens with one attached hydrogen (secondary N) is 2. The minimum atomic E-state index is -0.255. The number of carbonyl (C=O) groups excluding carboxylic acids is 1. The summed E-state index contributed by atoms with van der Waals surface area (Å²) in [4.78, 5) is 21.9. The number of hydrogen-bond donors (Lipinski definition) is 2. The van der Waals surface area contributed by atoms with Crippen LogP contribution in [0.25, 0.3) is 22.0 Å². The molecule has 1 aromatic carbocycles. The first-order valence-electron chi connectivity index (χ1n) is 11.1. The molecule has 1 amide bonds. The maximum atomic E-state index is 12.5.